The van der Waals surface area contributed by atoms with Gasteiger partial charge in [0, 0.05) is 12.3 Å². The molecule has 1 saturated heterocycles. The van der Waals surface area contributed by atoms with E-state index in [1.807, 2.05) is 20.8 Å². The predicted octanol–water partition coefficient (Wildman–Crippen LogP) is 4.81. The van der Waals surface area contributed by atoms with Crippen molar-refractivity contribution in [3.8, 4) is 0 Å². The summed E-state index contributed by atoms with van der Waals surface area (Å²) in [5.74, 6) is 1.22. The number of ether oxygens (including phenoxy) is 2. The van der Waals surface area contributed by atoms with Gasteiger partial charge in [0.15, 0.2) is 0 Å². The Morgan fingerprint density at radius 2 is 2.00 bits per heavy atom. The number of hydrogen-bond acceptors (Lipinski definition) is 5. The lowest BCUT2D eigenvalue weighted by molar-refractivity contribution is -0.166. The van der Waals surface area contributed by atoms with E-state index in [-0.39, 0.29) is 36.5 Å². The Morgan fingerprint density at radius 3 is 2.67 bits per heavy atom. The molecule has 0 spiro atoms. The van der Waals surface area contributed by atoms with Gasteiger partial charge in [-0.25, -0.2) is 0 Å². The molecule has 1 aliphatic heterocycles. The Balaban J connectivity index is 1.75. The van der Waals surface area contributed by atoms with Crippen molar-refractivity contribution in [1.29, 1.82) is 0 Å². The molecule has 2 aliphatic carbocycles. The van der Waals surface area contributed by atoms with E-state index in [9.17, 15) is 14.7 Å². The molecule has 1 saturated carbocycles. The van der Waals surface area contributed by atoms with Gasteiger partial charge in [-0.15, -0.1) is 0 Å². The van der Waals surface area contributed by atoms with Crippen LogP contribution in [-0.4, -0.2) is 35.4 Å². The van der Waals surface area contributed by atoms with Gasteiger partial charge in [0.2, 0.25) is 0 Å². The van der Waals surface area contributed by atoms with Crippen LogP contribution in [0.3, 0.4) is 0 Å². The zero-order valence-corrected chi connectivity index (χ0v) is 19.4. The van der Waals surface area contributed by atoms with Crippen LogP contribution in [0.25, 0.3) is 0 Å². The third-order valence-corrected chi connectivity index (χ3v) is 7.76. The fourth-order valence-electron chi connectivity index (χ4n) is 5.50. The first-order valence-electron chi connectivity index (χ1n) is 11.9. The zero-order valence-electron chi connectivity index (χ0n) is 19.4. The molecule has 0 aromatic heterocycles. The van der Waals surface area contributed by atoms with Gasteiger partial charge >= 0.3 is 11.9 Å². The van der Waals surface area contributed by atoms with E-state index in [2.05, 4.69) is 19.9 Å². The van der Waals surface area contributed by atoms with Crippen LogP contribution in [-0.2, 0) is 19.1 Å². The van der Waals surface area contributed by atoms with Crippen molar-refractivity contribution < 1.29 is 24.2 Å². The Hall–Kier alpha value is -1.36. The van der Waals surface area contributed by atoms with E-state index in [0.717, 1.165) is 38.5 Å². The van der Waals surface area contributed by atoms with Crippen LogP contribution in [0.2, 0.25) is 0 Å². The maximum Gasteiger partial charge on any atom is 0.311 e. The Kier molecular flexibility index (Phi) is 7.32. The van der Waals surface area contributed by atoms with E-state index >= 15 is 0 Å². The number of allylic oxidation sites excluding steroid dienone is 1. The molecule has 0 bridgehead atoms. The third kappa shape index (κ3) is 5.27. The molecule has 0 amide bonds. The van der Waals surface area contributed by atoms with Crippen LogP contribution in [0, 0.1) is 29.1 Å². The van der Waals surface area contributed by atoms with Gasteiger partial charge in [0.05, 0.1) is 17.9 Å². The number of aliphatic hydroxyl groups excluding tert-OH is 1. The second-order valence-corrected chi connectivity index (χ2v) is 10.6. The molecular formula is C25H40O5. The van der Waals surface area contributed by atoms with Crippen molar-refractivity contribution in [2.75, 3.05) is 0 Å². The minimum atomic E-state index is -0.587. The summed E-state index contributed by atoms with van der Waals surface area (Å²) >= 11 is 0. The average molecular weight is 421 g/mol. The molecule has 3 rings (SSSR count). The molecule has 5 heteroatoms. The number of carbonyl (C=O) groups excluding carboxylic acids is 2. The lowest BCUT2D eigenvalue weighted by atomic mass is 9.62. The topological polar surface area (TPSA) is 72.8 Å². The number of cyclic esters (lactones) is 1. The Morgan fingerprint density at radius 1 is 1.27 bits per heavy atom. The number of rotatable bonds is 6. The zero-order chi connectivity index (χ0) is 22.1. The molecule has 0 aromatic rings. The van der Waals surface area contributed by atoms with Gasteiger partial charge in [-0.1, -0.05) is 32.4 Å². The molecule has 2 fully saturated rings. The lowest BCUT2D eigenvalue weighted by Crippen LogP contribution is -2.44. The fourth-order valence-corrected chi connectivity index (χ4v) is 5.50. The van der Waals surface area contributed by atoms with Crippen molar-refractivity contribution in [1.82, 2.24) is 0 Å². The quantitative estimate of drug-likeness (QED) is 0.493. The van der Waals surface area contributed by atoms with Crippen molar-refractivity contribution >= 4 is 11.9 Å². The van der Waals surface area contributed by atoms with Crippen LogP contribution in [0.5, 0.6) is 0 Å². The smallest absolute Gasteiger partial charge is 0.311 e. The third-order valence-electron chi connectivity index (χ3n) is 7.76. The molecule has 0 aromatic carbocycles. The van der Waals surface area contributed by atoms with Crippen LogP contribution >= 0.6 is 0 Å². The van der Waals surface area contributed by atoms with E-state index in [1.165, 1.54) is 5.57 Å². The van der Waals surface area contributed by atoms with Gasteiger partial charge in [-0.3, -0.25) is 9.59 Å². The molecule has 3 aliphatic rings. The number of aliphatic hydroxyl groups is 1. The maximum absolute atomic E-state index is 12.9. The van der Waals surface area contributed by atoms with E-state index in [4.69, 9.17) is 9.47 Å². The molecule has 170 valence electrons. The van der Waals surface area contributed by atoms with Crippen LogP contribution in [0.15, 0.2) is 11.6 Å². The number of carbonyl (C=O) groups is 2. The minimum Gasteiger partial charge on any atom is -0.462 e. The summed E-state index contributed by atoms with van der Waals surface area (Å²) in [6.45, 7) is 10.5. The van der Waals surface area contributed by atoms with E-state index < -0.39 is 11.5 Å². The summed E-state index contributed by atoms with van der Waals surface area (Å²) in [6.07, 6.45) is 7.72. The Labute approximate surface area is 181 Å². The van der Waals surface area contributed by atoms with Crippen molar-refractivity contribution in [2.45, 2.75) is 104 Å². The fraction of sp³-hybridized carbons (Fsp3) is 0.840. The predicted molar refractivity (Wildman–Crippen MR) is 116 cm³/mol. The van der Waals surface area contributed by atoms with E-state index in [1.54, 1.807) is 0 Å². The van der Waals surface area contributed by atoms with Gasteiger partial charge in [-0.2, -0.15) is 0 Å². The van der Waals surface area contributed by atoms with Gasteiger partial charge in [0.25, 0.3) is 0 Å². The van der Waals surface area contributed by atoms with Crippen molar-refractivity contribution in [2.24, 2.45) is 29.1 Å². The summed E-state index contributed by atoms with van der Waals surface area (Å²) in [5, 5.41) is 9.93. The molecule has 1 N–H and O–H groups in total. The first-order chi connectivity index (χ1) is 14.1. The molecular weight excluding hydrogens is 380 g/mol. The standard InChI is InChI=1S/C25H40O5/c1-6-25(4,5)24(28)30-21-12-15(2)11-17-8-7-16(3)20(23(17)21)10-9-19-13-18(26)14-22(27)29-19/h11,15-16,18-21,23,26H,6-10,12-14H2,1-5H3/t15-,16-,18+,19+,20-,21-,23+/m0/s1. The summed E-state index contributed by atoms with van der Waals surface area (Å²) < 4.78 is 11.7. The van der Waals surface area contributed by atoms with Crippen LogP contribution in [0.4, 0.5) is 0 Å². The van der Waals surface area contributed by atoms with Gasteiger partial charge in [0.1, 0.15) is 12.2 Å². The average Bonchev–Trinajstić information content (AvgIpc) is 2.66. The monoisotopic (exact) mass is 420 g/mol. The highest BCUT2D eigenvalue weighted by Gasteiger charge is 2.44. The summed E-state index contributed by atoms with van der Waals surface area (Å²) in [7, 11) is 0. The molecule has 0 radical (unpaired) electrons. The second-order valence-electron chi connectivity index (χ2n) is 10.6. The summed E-state index contributed by atoms with van der Waals surface area (Å²) in [6, 6.07) is 0. The first-order valence-corrected chi connectivity index (χ1v) is 11.9. The molecule has 1 heterocycles. The summed E-state index contributed by atoms with van der Waals surface area (Å²) in [4.78, 5) is 24.6. The minimum absolute atomic E-state index is 0.0782. The number of hydrogen-bond donors (Lipinski definition) is 1. The number of esters is 2. The van der Waals surface area contributed by atoms with Gasteiger partial charge < -0.3 is 14.6 Å². The van der Waals surface area contributed by atoms with Gasteiger partial charge in [-0.05, 0) is 70.1 Å². The van der Waals surface area contributed by atoms with E-state index in [0.29, 0.717) is 24.2 Å². The Bertz CT molecular complexity index is 666. The lowest BCUT2D eigenvalue weighted by Gasteiger charge is -2.46. The first kappa shape index (κ1) is 23.3. The van der Waals surface area contributed by atoms with Crippen molar-refractivity contribution in [3.05, 3.63) is 11.6 Å². The largest absolute Gasteiger partial charge is 0.462 e. The SMILES string of the molecule is CCC(C)(C)C(=O)O[C@H]1C[C@@H](C)C=C2CC[C@H](C)[C@H](CC[C@@H]3C[C@@H](O)CC(=O)O3)[C@@H]21. The second kappa shape index (κ2) is 9.42. The molecule has 30 heavy (non-hydrogen) atoms. The molecule has 0 unspecified atom stereocenters. The van der Waals surface area contributed by atoms with Crippen molar-refractivity contribution in [3.63, 3.8) is 0 Å². The highest BCUT2D eigenvalue weighted by atomic mass is 16.6. The highest BCUT2D eigenvalue weighted by molar-refractivity contribution is 5.76. The van der Waals surface area contributed by atoms with Crippen LogP contribution < -0.4 is 0 Å². The maximum atomic E-state index is 12.9. The summed E-state index contributed by atoms with van der Waals surface area (Å²) in [5.41, 5.74) is 0.983. The van der Waals surface area contributed by atoms with Crippen LogP contribution in [0.1, 0.15) is 86.0 Å². The highest BCUT2D eigenvalue weighted by Crippen LogP contribution is 2.48. The normalized spacial score (nSPS) is 37.1. The molecule has 7 atom stereocenters. The number of fused-ring (bicyclic) bond motifs is 1. The molecule has 5 nitrogen and oxygen atoms in total.